The SMILES string of the molecule is Cc1ccc(-c2cccc(S(=O)(=O)N=CN(C)C)c2)cc1. The van der Waals surface area contributed by atoms with Gasteiger partial charge >= 0.3 is 0 Å². The molecule has 0 fully saturated rings. The molecule has 0 N–H and O–H groups in total. The van der Waals surface area contributed by atoms with E-state index in [9.17, 15) is 8.42 Å². The number of rotatable bonds is 4. The van der Waals surface area contributed by atoms with Crippen LogP contribution in [0.25, 0.3) is 11.1 Å². The normalized spacial score (nSPS) is 11.8. The summed E-state index contributed by atoms with van der Waals surface area (Å²) in [4.78, 5) is 1.78. The van der Waals surface area contributed by atoms with E-state index in [1.165, 1.54) is 6.34 Å². The highest BCUT2D eigenvalue weighted by Crippen LogP contribution is 2.23. The second kappa shape index (κ2) is 6.10. The third-order valence-corrected chi connectivity index (χ3v) is 4.16. The van der Waals surface area contributed by atoms with Crippen LogP contribution in [0.5, 0.6) is 0 Å². The lowest BCUT2D eigenvalue weighted by molar-refractivity contribution is 0.595. The summed E-state index contributed by atoms with van der Waals surface area (Å²) in [6.07, 6.45) is 1.29. The minimum Gasteiger partial charge on any atom is -0.368 e. The Balaban J connectivity index is 2.40. The van der Waals surface area contributed by atoms with E-state index in [2.05, 4.69) is 4.40 Å². The van der Waals surface area contributed by atoms with Gasteiger partial charge in [0.1, 0.15) is 6.34 Å². The van der Waals surface area contributed by atoms with Crippen LogP contribution in [0.4, 0.5) is 0 Å². The summed E-state index contributed by atoms with van der Waals surface area (Å²) in [6, 6.07) is 14.8. The summed E-state index contributed by atoms with van der Waals surface area (Å²) in [5.41, 5.74) is 3.00. The zero-order valence-electron chi connectivity index (χ0n) is 12.3. The number of nitrogens with zero attached hydrogens (tertiary/aromatic N) is 2. The van der Waals surface area contributed by atoms with Crippen LogP contribution >= 0.6 is 0 Å². The monoisotopic (exact) mass is 302 g/mol. The number of hydrogen-bond donors (Lipinski definition) is 0. The first kappa shape index (κ1) is 15.3. The summed E-state index contributed by atoms with van der Waals surface area (Å²) in [5.74, 6) is 0. The van der Waals surface area contributed by atoms with E-state index in [1.54, 1.807) is 37.2 Å². The van der Waals surface area contributed by atoms with Crippen LogP contribution < -0.4 is 0 Å². The lowest BCUT2D eigenvalue weighted by Gasteiger charge is -2.06. The molecule has 0 aliphatic rings. The Labute approximate surface area is 125 Å². The Bertz CT molecular complexity index is 748. The minimum atomic E-state index is -3.67. The van der Waals surface area contributed by atoms with Gasteiger partial charge in [0.25, 0.3) is 10.0 Å². The number of sulfonamides is 1. The van der Waals surface area contributed by atoms with Gasteiger partial charge in [-0.2, -0.15) is 8.42 Å². The molecule has 0 spiro atoms. The van der Waals surface area contributed by atoms with Crippen LogP contribution in [-0.4, -0.2) is 33.8 Å². The van der Waals surface area contributed by atoms with E-state index in [4.69, 9.17) is 0 Å². The van der Waals surface area contributed by atoms with Gasteiger partial charge in [-0.25, -0.2) is 0 Å². The average Bonchev–Trinajstić information content (AvgIpc) is 2.46. The summed E-state index contributed by atoms with van der Waals surface area (Å²) >= 11 is 0. The largest absolute Gasteiger partial charge is 0.368 e. The summed E-state index contributed by atoms with van der Waals surface area (Å²) in [7, 11) is -0.218. The molecule has 0 aromatic heterocycles. The maximum atomic E-state index is 12.1. The molecule has 2 aromatic rings. The van der Waals surface area contributed by atoms with Crippen molar-refractivity contribution in [3.05, 3.63) is 54.1 Å². The Morgan fingerprint density at radius 2 is 1.67 bits per heavy atom. The fourth-order valence-electron chi connectivity index (χ4n) is 1.80. The van der Waals surface area contributed by atoms with Crippen LogP contribution in [0.15, 0.2) is 57.8 Å². The van der Waals surface area contributed by atoms with Crippen molar-refractivity contribution in [2.45, 2.75) is 11.8 Å². The Hall–Kier alpha value is -2.14. The zero-order valence-corrected chi connectivity index (χ0v) is 13.1. The molecule has 2 rings (SSSR count). The third kappa shape index (κ3) is 3.92. The molecule has 4 nitrogen and oxygen atoms in total. The quantitative estimate of drug-likeness (QED) is 0.644. The van der Waals surface area contributed by atoms with E-state index in [-0.39, 0.29) is 4.90 Å². The smallest absolute Gasteiger partial charge is 0.283 e. The molecule has 0 unspecified atom stereocenters. The van der Waals surface area contributed by atoms with E-state index < -0.39 is 10.0 Å². The minimum absolute atomic E-state index is 0.193. The van der Waals surface area contributed by atoms with Gasteiger partial charge in [0, 0.05) is 14.1 Å². The van der Waals surface area contributed by atoms with Gasteiger partial charge in [0.15, 0.2) is 0 Å². The summed E-state index contributed by atoms with van der Waals surface area (Å²) in [6.45, 7) is 2.01. The molecule has 2 aromatic carbocycles. The fourth-order valence-corrected chi connectivity index (χ4v) is 2.76. The Morgan fingerprint density at radius 1 is 1.00 bits per heavy atom. The van der Waals surface area contributed by atoms with Crippen LogP contribution in [0.2, 0.25) is 0 Å². The number of hydrogen-bond acceptors (Lipinski definition) is 2. The molecule has 0 bridgehead atoms. The van der Waals surface area contributed by atoms with E-state index in [0.717, 1.165) is 16.7 Å². The standard InChI is InChI=1S/C16H18N2O2S/c1-13-7-9-14(10-8-13)15-5-4-6-16(11-15)21(19,20)17-12-18(2)3/h4-12H,1-3H3. The van der Waals surface area contributed by atoms with E-state index in [1.807, 2.05) is 37.3 Å². The molecule has 0 amide bonds. The first-order chi connectivity index (χ1) is 9.88. The van der Waals surface area contributed by atoms with Gasteiger partial charge in [-0.15, -0.1) is 4.40 Å². The maximum Gasteiger partial charge on any atom is 0.283 e. The van der Waals surface area contributed by atoms with Crippen molar-refractivity contribution < 1.29 is 8.42 Å². The van der Waals surface area contributed by atoms with Crippen LogP contribution in [0.3, 0.4) is 0 Å². The number of aryl methyl sites for hydroxylation is 1. The van der Waals surface area contributed by atoms with Crippen LogP contribution in [0.1, 0.15) is 5.56 Å². The van der Waals surface area contributed by atoms with Crippen molar-refractivity contribution in [1.82, 2.24) is 4.90 Å². The molecule has 0 saturated carbocycles. The molecule has 110 valence electrons. The Morgan fingerprint density at radius 3 is 2.29 bits per heavy atom. The van der Waals surface area contributed by atoms with Crippen molar-refractivity contribution >= 4 is 16.4 Å². The molecular weight excluding hydrogens is 284 g/mol. The topological polar surface area (TPSA) is 49.7 Å². The van der Waals surface area contributed by atoms with Crippen LogP contribution in [0, 0.1) is 6.92 Å². The fraction of sp³-hybridized carbons (Fsp3) is 0.188. The highest BCUT2D eigenvalue weighted by molar-refractivity contribution is 7.90. The molecule has 0 saturated heterocycles. The lowest BCUT2D eigenvalue weighted by Crippen LogP contribution is -2.10. The van der Waals surface area contributed by atoms with Crippen LogP contribution in [-0.2, 0) is 10.0 Å². The van der Waals surface area contributed by atoms with Gasteiger partial charge in [0.05, 0.1) is 4.90 Å². The molecule has 21 heavy (non-hydrogen) atoms. The van der Waals surface area contributed by atoms with Gasteiger partial charge in [-0.3, -0.25) is 0 Å². The third-order valence-electron chi connectivity index (χ3n) is 2.93. The zero-order chi connectivity index (χ0) is 15.5. The first-order valence-corrected chi connectivity index (χ1v) is 7.96. The van der Waals surface area contributed by atoms with Gasteiger partial charge < -0.3 is 4.90 Å². The molecular formula is C16H18N2O2S. The van der Waals surface area contributed by atoms with E-state index in [0.29, 0.717) is 0 Å². The molecule has 0 aliphatic heterocycles. The predicted octanol–water partition coefficient (Wildman–Crippen LogP) is 2.94. The predicted molar refractivity (Wildman–Crippen MR) is 86.0 cm³/mol. The van der Waals surface area contributed by atoms with Crippen molar-refractivity contribution in [2.24, 2.45) is 4.40 Å². The average molecular weight is 302 g/mol. The maximum absolute atomic E-state index is 12.1. The Kier molecular flexibility index (Phi) is 4.43. The molecule has 0 radical (unpaired) electrons. The van der Waals surface area contributed by atoms with Crippen molar-refractivity contribution in [3.8, 4) is 11.1 Å². The van der Waals surface area contributed by atoms with E-state index >= 15 is 0 Å². The highest BCUT2D eigenvalue weighted by Gasteiger charge is 2.12. The molecule has 0 atom stereocenters. The van der Waals surface area contributed by atoms with Gasteiger partial charge in [0.2, 0.25) is 0 Å². The lowest BCUT2D eigenvalue weighted by atomic mass is 10.0. The molecule has 0 heterocycles. The highest BCUT2D eigenvalue weighted by atomic mass is 32.2. The second-order valence-corrected chi connectivity index (χ2v) is 6.69. The second-order valence-electron chi connectivity index (χ2n) is 5.05. The number of benzene rings is 2. The summed E-state index contributed by atoms with van der Waals surface area (Å²) in [5, 5.41) is 0. The van der Waals surface area contributed by atoms with Gasteiger partial charge in [-0.1, -0.05) is 42.0 Å². The van der Waals surface area contributed by atoms with Crippen molar-refractivity contribution in [3.63, 3.8) is 0 Å². The van der Waals surface area contributed by atoms with Gasteiger partial charge in [-0.05, 0) is 30.2 Å². The first-order valence-electron chi connectivity index (χ1n) is 6.52. The summed E-state index contributed by atoms with van der Waals surface area (Å²) < 4.78 is 27.9. The van der Waals surface area contributed by atoms with Crippen molar-refractivity contribution in [1.29, 1.82) is 0 Å². The molecule has 5 heteroatoms. The van der Waals surface area contributed by atoms with Crippen molar-refractivity contribution in [2.75, 3.05) is 14.1 Å². The molecule has 0 aliphatic carbocycles.